The highest BCUT2D eigenvalue weighted by atomic mass is 79.9. The molecule has 1 N–H and O–H groups in total. The van der Waals surface area contributed by atoms with Gasteiger partial charge in [-0.25, -0.2) is 0 Å². The van der Waals surface area contributed by atoms with Crippen LogP contribution in [0.1, 0.15) is 24.8 Å². The lowest BCUT2D eigenvalue weighted by atomic mass is 9.80. The largest absolute Gasteiger partial charge is 1.00 e. The SMILES string of the molecule is CCOC(=O)C1C[NH+](C)CCC1c1ccccc1.[Br-]. The molecular weight excluding hydrogens is 306 g/mol. The van der Waals surface area contributed by atoms with Gasteiger partial charge in [0.2, 0.25) is 0 Å². The molecule has 106 valence electrons. The Balaban J connectivity index is 0.00000180. The molecule has 1 fully saturated rings. The third-order valence-electron chi connectivity index (χ3n) is 3.75. The zero-order chi connectivity index (χ0) is 13.0. The fourth-order valence-electron chi connectivity index (χ4n) is 2.82. The second kappa shape index (κ2) is 7.65. The summed E-state index contributed by atoms with van der Waals surface area (Å²) in [5, 5.41) is 0. The molecule has 0 spiro atoms. The van der Waals surface area contributed by atoms with Crippen LogP contribution in [0.25, 0.3) is 0 Å². The summed E-state index contributed by atoms with van der Waals surface area (Å²) < 4.78 is 5.23. The summed E-state index contributed by atoms with van der Waals surface area (Å²) in [6, 6.07) is 10.4. The average molecular weight is 328 g/mol. The van der Waals surface area contributed by atoms with Gasteiger partial charge in [0.05, 0.1) is 26.7 Å². The van der Waals surface area contributed by atoms with Crippen LogP contribution in [0.5, 0.6) is 0 Å². The second-order valence-corrected chi connectivity index (χ2v) is 5.08. The second-order valence-electron chi connectivity index (χ2n) is 5.08. The quantitative estimate of drug-likeness (QED) is 0.643. The highest BCUT2D eigenvalue weighted by Crippen LogP contribution is 2.29. The average Bonchev–Trinajstić information content (AvgIpc) is 2.40. The molecule has 0 saturated carbocycles. The fraction of sp³-hybridized carbons (Fsp3) is 0.533. The molecule has 1 aromatic rings. The topological polar surface area (TPSA) is 30.7 Å². The van der Waals surface area contributed by atoms with E-state index in [-0.39, 0.29) is 28.9 Å². The van der Waals surface area contributed by atoms with Crippen molar-refractivity contribution in [2.75, 3.05) is 26.7 Å². The molecule has 3 nitrogen and oxygen atoms in total. The van der Waals surface area contributed by atoms with Crippen molar-refractivity contribution in [3.8, 4) is 0 Å². The third kappa shape index (κ3) is 4.05. The molecule has 1 heterocycles. The molecule has 0 aromatic heterocycles. The van der Waals surface area contributed by atoms with E-state index in [0.717, 1.165) is 19.5 Å². The van der Waals surface area contributed by atoms with Crippen LogP contribution in [0, 0.1) is 5.92 Å². The summed E-state index contributed by atoms with van der Waals surface area (Å²) in [7, 11) is 2.15. The van der Waals surface area contributed by atoms with E-state index in [1.54, 1.807) is 0 Å². The predicted molar refractivity (Wildman–Crippen MR) is 70.5 cm³/mol. The van der Waals surface area contributed by atoms with Gasteiger partial charge in [-0.2, -0.15) is 0 Å². The first-order valence-electron chi connectivity index (χ1n) is 6.75. The first-order valence-corrected chi connectivity index (χ1v) is 6.75. The Morgan fingerprint density at radius 1 is 1.37 bits per heavy atom. The van der Waals surface area contributed by atoms with Gasteiger partial charge in [0, 0.05) is 12.3 Å². The Kier molecular flexibility index (Phi) is 6.52. The number of hydrogen-bond acceptors (Lipinski definition) is 2. The van der Waals surface area contributed by atoms with E-state index in [1.807, 2.05) is 25.1 Å². The maximum atomic E-state index is 12.1. The molecule has 1 aliphatic heterocycles. The molecule has 0 aliphatic carbocycles. The summed E-state index contributed by atoms with van der Waals surface area (Å²) in [5.41, 5.74) is 1.27. The predicted octanol–water partition coefficient (Wildman–Crippen LogP) is -2.13. The first kappa shape index (κ1) is 16.2. The highest BCUT2D eigenvalue weighted by molar-refractivity contribution is 5.74. The van der Waals surface area contributed by atoms with Crippen LogP contribution in [-0.2, 0) is 9.53 Å². The number of likely N-dealkylation sites (tertiary alicyclic amines) is 1. The number of piperidine rings is 1. The highest BCUT2D eigenvalue weighted by Gasteiger charge is 2.37. The van der Waals surface area contributed by atoms with E-state index in [1.165, 1.54) is 10.5 Å². The van der Waals surface area contributed by atoms with Gasteiger partial charge in [-0.1, -0.05) is 30.3 Å². The number of carbonyl (C=O) groups excluding carboxylic acids is 1. The smallest absolute Gasteiger partial charge is 0.315 e. The Morgan fingerprint density at radius 3 is 2.68 bits per heavy atom. The number of quaternary nitrogens is 1. The van der Waals surface area contributed by atoms with Crippen LogP contribution < -0.4 is 21.9 Å². The molecule has 0 radical (unpaired) electrons. The summed E-state index contributed by atoms with van der Waals surface area (Å²) in [5.74, 6) is 0.278. The lowest BCUT2D eigenvalue weighted by molar-refractivity contribution is -0.888. The molecule has 3 atom stereocenters. The van der Waals surface area contributed by atoms with Gasteiger partial charge < -0.3 is 26.6 Å². The van der Waals surface area contributed by atoms with Gasteiger partial charge in [-0.15, -0.1) is 0 Å². The van der Waals surface area contributed by atoms with E-state index in [9.17, 15) is 4.79 Å². The minimum atomic E-state index is -0.0367. The molecule has 1 aromatic carbocycles. The summed E-state index contributed by atoms with van der Waals surface area (Å²) in [4.78, 5) is 13.5. The van der Waals surface area contributed by atoms with Crippen molar-refractivity contribution in [3.05, 3.63) is 35.9 Å². The molecule has 1 aliphatic rings. The van der Waals surface area contributed by atoms with Gasteiger partial charge in [-0.05, 0) is 12.5 Å². The van der Waals surface area contributed by atoms with Crippen molar-refractivity contribution in [1.29, 1.82) is 0 Å². The zero-order valence-electron chi connectivity index (χ0n) is 11.6. The summed E-state index contributed by atoms with van der Waals surface area (Å²) >= 11 is 0. The zero-order valence-corrected chi connectivity index (χ0v) is 13.2. The molecule has 3 unspecified atom stereocenters. The Labute approximate surface area is 125 Å². The number of ether oxygens (including phenoxy) is 1. The molecular formula is C15H22BrNO2. The molecule has 19 heavy (non-hydrogen) atoms. The minimum absolute atomic E-state index is 0. The lowest BCUT2D eigenvalue weighted by Crippen LogP contribution is -3.11. The number of rotatable bonds is 3. The standard InChI is InChI=1S/C15H21NO2.BrH/c1-3-18-15(17)14-11-16(2)10-9-13(14)12-7-5-4-6-8-12;/h4-8,13-14H,3,9-11H2,1-2H3;1H. The van der Waals surface area contributed by atoms with Gasteiger partial charge in [0.25, 0.3) is 0 Å². The van der Waals surface area contributed by atoms with Crippen molar-refractivity contribution in [1.82, 2.24) is 0 Å². The van der Waals surface area contributed by atoms with Gasteiger partial charge in [0.15, 0.2) is 0 Å². The molecule has 4 heteroatoms. The van der Waals surface area contributed by atoms with E-state index in [2.05, 4.69) is 19.2 Å². The number of benzene rings is 1. The third-order valence-corrected chi connectivity index (χ3v) is 3.75. The van der Waals surface area contributed by atoms with Crippen molar-refractivity contribution in [2.45, 2.75) is 19.3 Å². The first-order chi connectivity index (χ1) is 8.72. The number of nitrogens with one attached hydrogen (secondary N) is 1. The number of esters is 1. The molecule has 0 bridgehead atoms. The number of hydrogen-bond donors (Lipinski definition) is 1. The molecule has 0 amide bonds. The molecule has 1 saturated heterocycles. The molecule has 2 rings (SSSR count). The van der Waals surface area contributed by atoms with E-state index in [4.69, 9.17) is 4.74 Å². The lowest BCUT2D eigenvalue weighted by Gasteiger charge is -2.33. The van der Waals surface area contributed by atoms with Gasteiger partial charge >= 0.3 is 5.97 Å². The van der Waals surface area contributed by atoms with Crippen LogP contribution in [0.15, 0.2) is 30.3 Å². The van der Waals surface area contributed by atoms with E-state index >= 15 is 0 Å². The van der Waals surface area contributed by atoms with E-state index in [0.29, 0.717) is 12.5 Å². The van der Waals surface area contributed by atoms with Gasteiger partial charge in [-0.3, -0.25) is 4.79 Å². The van der Waals surface area contributed by atoms with Crippen LogP contribution in [0.2, 0.25) is 0 Å². The maximum absolute atomic E-state index is 12.1. The monoisotopic (exact) mass is 327 g/mol. The van der Waals surface area contributed by atoms with Crippen LogP contribution >= 0.6 is 0 Å². The number of halogens is 1. The van der Waals surface area contributed by atoms with Crippen molar-refractivity contribution in [2.24, 2.45) is 5.92 Å². The van der Waals surface area contributed by atoms with Crippen molar-refractivity contribution >= 4 is 5.97 Å². The van der Waals surface area contributed by atoms with Crippen molar-refractivity contribution < 1.29 is 31.4 Å². The van der Waals surface area contributed by atoms with Crippen LogP contribution in [0.4, 0.5) is 0 Å². The van der Waals surface area contributed by atoms with Crippen LogP contribution in [0.3, 0.4) is 0 Å². The summed E-state index contributed by atoms with van der Waals surface area (Å²) in [6.07, 6.45) is 1.05. The van der Waals surface area contributed by atoms with Crippen LogP contribution in [-0.4, -0.2) is 32.7 Å². The maximum Gasteiger partial charge on any atom is 0.315 e. The Hall–Kier alpha value is -0.870. The fourth-order valence-corrected chi connectivity index (χ4v) is 2.82. The van der Waals surface area contributed by atoms with Gasteiger partial charge in [0.1, 0.15) is 5.92 Å². The van der Waals surface area contributed by atoms with Crippen molar-refractivity contribution in [3.63, 3.8) is 0 Å². The Bertz CT molecular complexity index is 396. The summed E-state index contributed by atoms with van der Waals surface area (Å²) in [6.45, 7) is 4.33. The number of carbonyl (C=O) groups is 1. The van der Waals surface area contributed by atoms with E-state index < -0.39 is 0 Å². The Morgan fingerprint density at radius 2 is 2.05 bits per heavy atom. The minimum Gasteiger partial charge on any atom is -1.00 e. The normalized spacial score (nSPS) is 26.3.